The quantitative estimate of drug-likeness (QED) is 0.544. The summed E-state index contributed by atoms with van der Waals surface area (Å²) in [6, 6.07) is 4.17. The second kappa shape index (κ2) is 9.42. The number of ether oxygens (including phenoxy) is 1. The molecule has 0 aromatic carbocycles. The van der Waals surface area contributed by atoms with E-state index in [1.807, 2.05) is 13.8 Å². The van der Waals surface area contributed by atoms with Gasteiger partial charge in [0.05, 0.1) is 6.61 Å². The molecule has 7 heteroatoms. The smallest absolute Gasteiger partial charge is 0.397 e. The molecule has 0 aliphatic rings. The normalized spacial score (nSPS) is 13.1. The lowest BCUT2D eigenvalue weighted by Gasteiger charge is -2.13. The molecule has 0 bridgehead atoms. The van der Waals surface area contributed by atoms with Crippen LogP contribution in [0, 0.1) is 5.92 Å². The Morgan fingerprint density at radius 1 is 1.43 bits per heavy atom. The Balaban J connectivity index is 2.48. The lowest BCUT2D eigenvalue weighted by Crippen LogP contribution is -2.21. The third-order valence-electron chi connectivity index (χ3n) is 3.03. The van der Waals surface area contributed by atoms with Gasteiger partial charge in [-0.25, -0.2) is 9.78 Å². The Kier molecular flexibility index (Phi) is 7.87. The Morgan fingerprint density at radius 2 is 2.14 bits per heavy atom. The highest BCUT2D eigenvalue weighted by Gasteiger charge is 2.19. The first-order valence-corrected chi connectivity index (χ1v) is 8.13. The molecule has 0 radical (unpaired) electrons. The van der Waals surface area contributed by atoms with Gasteiger partial charge in [-0.3, -0.25) is 4.52 Å². The maximum absolute atomic E-state index is 11.8. The van der Waals surface area contributed by atoms with Crippen molar-refractivity contribution >= 4 is 14.1 Å². The first-order chi connectivity index (χ1) is 10.1. The standard InChI is InChI=1S/C14H21N2O4P/c1-4-12(5-2)10-19-14(17)11(3)16-21(18)20-13-8-6-7-9-15-13/h6-9,11-12H,4-5,10H2,1-3H3/t11-/m0/s1. The minimum atomic E-state index is -2.35. The van der Waals surface area contributed by atoms with Crippen LogP contribution in [-0.2, 0) is 9.53 Å². The van der Waals surface area contributed by atoms with Gasteiger partial charge in [-0.1, -0.05) is 37.5 Å². The van der Waals surface area contributed by atoms with Crippen molar-refractivity contribution in [1.29, 1.82) is 0 Å². The Morgan fingerprint density at radius 3 is 2.71 bits per heavy atom. The van der Waals surface area contributed by atoms with Crippen LogP contribution < -0.4 is 9.42 Å². The fourth-order valence-electron chi connectivity index (χ4n) is 1.54. The molecule has 0 N–H and O–H groups in total. The van der Waals surface area contributed by atoms with E-state index < -0.39 is 20.2 Å². The number of aromatic nitrogens is 1. The zero-order valence-electron chi connectivity index (χ0n) is 12.6. The summed E-state index contributed by atoms with van der Waals surface area (Å²) in [7, 11) is -2.35. The zero-order valence-corrected chi connectivity index (χ0v) is 13.5. The van der Waals surface area contributed by atoms with Gasteiger partial charge in [-0.2, -0.15) is 0 Å². The molecule has 0 spiro atoms. The van der Waals surface area contributed by atoms with E-state index in [9.17, 15) is 9.69 Å². The van der Waals surface area contributed by atoms with Crippen LogP contribution in [0.5, 0.6) is 5.88 Å². The number of carbonyl (C=O) groups excluding carboxylic acids is 1. The highest BCUT2D eigenvalue weighted by atomic mass is 31.1. The summed E-state index contributed by atoms with van der Waals surface area (Å²) in [6.07, 6.45) is 3.42. The average Bonchev–Trinajstić information content (AvgIpc) is 2.48. The molecule has 0 aliphatic heterocycles. The van der Waals surface area contributed by atoms with E-state index in [0.717, 1.165) is 12.8 Å². The monoisotopic (exact) mass is 312 g/mol. The van der Waals surface area contributed by atoms with Crippen molar-refractivity contribution in [2.45, 2.75) is 39.7 Å². The number of carbonyl (C=O) groups is 1. The van der Waals surface area contributed by atoms with Crippen molar-refractivity contribution in [3.05, 3.63) is 24.4 Å². The molecule has 1 heterocycles. The van der Waals surface area contributed by atoms with E-state index >= 15 is 0 Å². The van der Waals surface area contributed by atoms with Gasteiger partial charge in [0.25, 0.3) is 5.88 Å². The highest BCUT2D eigenvalue weighted by Crippen LogP contribution is 2.22. The predicted octanol–water partition coefficient (Wildman–Crippen LogP) is 2.68. The molecule has 0 saturated heterocycles. The van der Waals surface area contributed by atoms with Crippen molar-refractivity contribution in [1.82, 2.24) is 4.98 Å². The van der Waals surface area contributed by atoms with E-state index in [4.69, 9.17) is 9.26 Å². The molecule has 6 nitrogen and oxygen atoms in total. The molecule has 21 heavy (non-hydrogen) atoms. The minimum Gasteiger partial charge on any atom is -0.575 e. The van der Waals surface area contributed by atoms with Gasteiger partial charge in [0.15, 0.2) is 6.04 Å². The molecule has 1 aromatic heterocycles. The molecule has 1 unspecified atom stereocenters. The second-order valence-electron chi connectivity index (χ2n) is 4.60. The largest absolute Gasteiger partial charge is 0.575 e. The molecular formula is C14H21N2O4P. The van der Waals surface area contributed by atoms with Gasteiger partial charge in [0.2, 0.25) is 0 Å². The van der Waals surface area contributed by atoms with Crippen LogP contribution in [0.25, 0.3) is 0 Å². The van der Waals surface area contributed by atoms with Crippen LogP contribution in [0.2, 0.25) is 0 Å². The topological polar surface area (TPSA) is 83.8 Å². The van der Waals surface area contributed by atoms with E-state index in [1.165, 1.54) is 13.1 Å². The first kappa shape index (κ1) is 17.5. The van der Waals surface area contributed by atoms with E-state index in [-0.39, 0.29) is 5.88 Å². The molecule has 116 valence electrons. The number of esters is 1. The number of pyridine rings is 1. The highest BCUT2D eigenvalue weighted by molar-refractivity contribution is 7.34. The van der Waals surface area contributed by atoms with E-state index in [1.54, 1.807) is 18.2 Å². The molecule has 0 aliphatic carbocycles. The Labute approximate surface area is 126 Å². The summed E-state index contributed by atoms with van der Waals surface area (Å²) in [4.78, 5) is 27.3. The van der Waals surface area contributed by atoms with Crippen LogP contribution in [0.15, 0.2) is 29.1 Å². The van der Waals surface area contributed by atoms with Gasteiger partial charge in [-0.05, 0) is 18.9 Å². The lowest BCUT2D eigenvalue weighted by molar-refractivity contribution is -0.170. The molecule has 2 atom stereocenters. The Bertz CT molecular complexity index is 463. The van der Waals surface area contributed by atoms with Crippen LogP contribution in [0.3, 0.4) is 0 Å². The van der Waals surface area contributed by atoms with Crippen LogP contribution in [0.4, 0.5) is 0 Å². The molecule has 0 amide bonds. The van der Waals surface area contributed by atoms with Gasteiger partial charge in [0, 0.05) is 12.3 Å². The third-order valence-corrected chi connectivity index (χ3v) is 3.91. The number of hydrogen-bond donors (Lipinski definition) is 0. The summed E-state index contributed by atoms with van der Waals surface area (Å²) < 4.78 is 14.0. The van der Waals surface area contributed by atoms with Crippen molar-refractivity contribution in [3.63, 3.8) is 0 Å². The Hall–Kier alpha value is -1.52. The molecule has 0 saturated carbocycles. The van der Waals surface area contributed by atoms with Crippen LogP contribution in [0.1, 0.15) is 33.6 Å². The van der Waals surface area contributed by atoms with Gasteiger partial charge < -0.3 is 9.63 Å². The van der Waals surface area contributed by atoms with E-state index in [2.05, 4.69) is 9.73 Å². The van der Waals surface area contributed by atoms with Crippen molar-refractivity contribution in [2.24, 2.45) is 10.7 Å². The van der Waals surface area contributed by atoms with Crippen molar-refractivity contribution in [3.8, 4) is 5.88 Å². The minimum absolute atomic E-state index is 0.208. The average molecular weight is 312 g/mol. The molecule has 1 aromatic rings. The summed E-state index contributed by atoms with van der Waals surface area (Å²) in [6.45, 7) is 5.99. The van der Waals surface area contributed by atoms with Gasteiger partial charge in [0.1, 0.15) is 0 Å². The maximum Gasteiger partial charge on any atom is 0.397 e. The maximum atomic E-state index is 11.8. The predicted molar refractivity (Wildman–Crippen MR) is 78.7 cm³/mol. The number of rotatable bonds is 8. The van der Waals surface area contributed by atoms with Crippen LogP contribution in [-0.4, -0.2) is 23.6 Å². The van der Waals surface area contributed by atoms with Crippen molar-refractivity contribution < 1.29 is 18.9 Å². The molecule has 0 fully saturated rings. The second-order valence-corrected chi connectivity index (χ2v) is 5.49. The molecule has 1 rings (SSSR count). The third kappa shape index (κ3) is 6.65. The van der Waals surface area contributed by atoms with Gasteiger partial charge in [-0.15, -0.1) is 0 Å². The lowest BCUT2D eigenvalue weighted by atomic mass is 10.1. The van der Waals surface area contributed by atoms with Crippen molar-refractivity contribution in [2.75, 3.05) is 6.61 Å². The molecular weight excluding hydrogens is 291 g/mol. The fourth-order valence-corrected chi connectivity index (χ4v) is 2.23. The number of hydrogen-bond acceptors (Lipinski definition) is 6. The van der Waals surface area contributed by atoms with E-state index in [0.29, 0.717) is 12.5 Å². The SMILES string of the molecule is CCC(CC)COC(=O)[C@H](C)N=[P+]([O-])Oc1ccccn1. The summed E-state index contributed by atoms with van der Waals surface area (Å²) in [5.74, 6) is 0.0644. The number of nitrogens with zero attached hydrogens (tertiary/aromatic N) is 2. The van der Waals surface area contributed by atoms with Gasteiger partial charge >= 0.3 is 14.1 Å². The first-order valence-electron chi connectivity index (χ1n) is 7.00. The summed E-state index contributed by atoms with van der Waals surface area (Å²) >= 11 is 0. The van der Waals surface area contributed by atoms with Crippen LogP contribution >= 0.6 is 8.17 Å². The summed E-state index contributed by atoms with van der Waals surface area (Å²) in [5.41, 5.74) is 0. The zero-order chi connectivity index (χ0) is 15.7. The fraction of sp³-hybridized carbons (Fsp3) is 0.571. The summed E-state index contributed by atoms with van der Waals surface area (Å²) in [5, 5.41) is 0.